The number of aliphatic hydroxyl groups is 2. The number of nitrogens with two attached hydrogens (primary N) is 1. The number of nitrogens with one attached hydrogen (secondary N) is 2. The van der Waals surface area contributed by atoms with Crippen LogP contribution in [0.3, 0.4) is 0 Å². The lowest BCUT2D eigenvalue weighted by atomic mass is 9.94. The molecule has 218 valence electrons. The Bertz CT molecular complexity index is 1410. The van der Waals surface area contributed by atoms with E-state index in [4.69, 9.17) is 15.2 Å². The van der Waals surface area contributed by atoms with Crippen LogP contribution in [0.15, 0.2) is 6.33 Å². The second-order valence-electron chi connectivity index (χ2n) is 10.9. The summed E-state index contributed by atoms with van der Waals surface area (Å²) >= 11 is 0. The summed E-state index contributed by atoms with van der Waals surface area (Å²) < 4.78 is 12.5. The highest BCUT2D eigenvalue weighted by atomic mass is 16.6. The van der Waals surface area contributed by atoms with Crippen LogP contribution < -0.4 is 16.4 Å². The zero-order valence-corrected chi connectivity index (χ0v) is 22.2. The van der Waals surface area contributed by atoms with Crippen molar-refractivity contribution in [1.29, 1.82) is 0 Å². The Labute approximate surface area is 234 Å². The number of anilines is 1. The fraction of sp³-hybridized carbons (Fsp3) is 0.615. The van der Waals surface area contributed by atoms with Crippen molar-refractivity contribution in [3.63, 3.8) is 0 Å². The summed E-state index contributed by atoms with van der Waals surface area (Å²) in [5.74, 6) is 5.98. The van der Waals surface area contributed by atoms with E-state index >= 15 is 0 Å². The van der Waals surface area contributed by atoms with Crippen LogP contribution in [0.2, 0.25) is 0 Å². The second kappa shape index (κ2) is 11.1. The van der Waals surface area contributed by atoms with Crippen molar-refractivity contribution in [2.75, 3.05) is 18.8 Å². The molecule has 3 amide bonds. The summed E-state index contributed by atoms with van der Waals surface area (Å²) in [5, 5.41) is 26.5. The molecular weight excluding hydrogens is 536 g/mol. The molecule has 6 rings (SSSR count). The molecule has 4 aliphatic rings. The number of carbonyl (C=O) groups is 3. The molecule has 5 atom stereocenters. The van der Waals surface area contributed by atoms with Gasteiger partial charge in [0.2, 0.25) is 11.7 Å². The third kappa shape index (κ3) is 5.76. The van der Waals surface area contributed by atoms with Crippen molar-refractivity contribution in [1.82, 2.24) is 35.1 Å². The smallest absolute Gasteiger partial charge is 0.411 e. The lowest BCUT2D eigenvalue weighted by Crippen LogP contribution is -2.43. The fourth-order valence-corrected chi connectivity index (χ4v) is 5.26. The first-order chi connectivity index (χ1) is 19.8. The Morgan fingerprint density at radius 3 is 2.66 bits per heavy atom. The number of aromatic nitrogens is 4. The van der Waals surface area contributed by atoms with Crippen LogP contribution >= 0.6 is 0 Å². The molecule has 4 fully saturated rings. The maximum atomic E-state index is 12.5. The van der Waals surface area contributed by atoms with Crippen LogP contribution in [-0.4, -0.2) is 96.2 Å². The van der Waals surface area contributed by atoms with E-state index in [2.05, 4.69) is 37.4 Å². The lowest BCUT2D eigenvalue weighted by Gasteiger charge is -2.31. The minimum atomic E-state index is -1.42. The number of aliphatic hydroxyl groups excluding tert-OH is 2. The van der Waals surface area contributed by atoms with Gasteiger partial charge < -0.3 is 41.0 Å². The van der Waals surface area contributed by atoms with Crippen molar-refractivity contribution in [3.05, 3.63) is 12.2 Å². The van der Waals surface area contributed by atoms with Gasteiger partial charge in [0.05, 0.1) is 6.33 Å². The Balaban J connectivity index is 1.08. The molecule has 0 aromatic carbocycles. The van der Waals surface area contributed by atoms with Crippen molar-refractivity contribution >= 4 is 34.9 Å². The highest BCUT2D eigenvalue weighted by molar-refractivity contribution is 5.83. The minimum absolute atomic E-state index is 0.0773. The summed E-state index contributed by atoms with van der Waals surface area (Å²) in [4.78, 5) is 50.7. The standard InChI is InChI=1S/C26H32N8O7/c27-22-18-23(34(12-28-18)25-20(37)19(36)21(41-25)24(38)29-14-4-5-14)31-15(30-22)3-1-2-13-8-10-33(11-9-13)26(39)40-17-7-6-16(35)32-17/h12-14,17,19-21,25,36-37H,2,4-11H2,(H,29,38)(H,32,35)(H2,27,30,31)/t17?,19-,20?,21+,25-/m1/s1. The molecule has 0 bridgehead atoms. The molecule has 3 aliphatic heterocycles. The van der Waals surface area contributed by atoms with Gasteiger partial charge >= 0.3 is 6.09 Å². The van der Waals surface area contributed by atoms with E-state index < -0.39 is 42.8 Å². The molecule has 6 N–H and O–H groups in total. The van der Waals surface area contributed by atoms with Crippen LogP contribution in [0, 0.1) is 17.8 Å². The average molecular weight is 569 g/mol. The van der Waals surface area contributed by atoms with Gasteiger partial charge in [-0.1, -0.05) is 5.92 Å². The fourth-order valence-electron chi connectivity index (χ4n) is 5.26. The van der Waals surface area contributed by atoms with E-state index in [-0.39, 0.29) is 40.7 Å². The minimum Gasteiger partial charge on any atom is -0.425 e. The highest BCUT2D eigenvalue weighted by Crippen LogP contribution is 2.33. The number of fused-ring (bicyclic) bond motifs is 1. The van der Waals surface area contributed by atoms with Crippen molar-refractivity contribution in [3.8, 4) is 11.8 Å². The normalized spacial score (nSPS) is 28.3. The maximum absolute atomic E-state index is 12.5. The summed E-state index contributed by atoms with van der Waals surface area (Å²) in [6, 6.07) is 0.0773. The molecule has 5 heterocycles. The van der Waals surface area contributed by atoms with Gasteiger partial charge in [0.15, 0.2) is 30.0 Å². The predicted molar refractivity (Wildman–Crippen MR) is 140 cm³/mol. The molecule has 2 unspecified atom stereocenters. The molecule has 1 saturated carbocycles. The van der Waals surface area contributed by atoms with E-state index in [0.717, 1.165) is 25.7 Å². The average Bonchev–Trinajstić information content (AvgIpc) is 3.38. The zero-order valence-electron chi connectivity index (χ0n) is 22.2. The monoisotopic (exact) mass is 568 g/mol. The van der Waals surface area contributed by atoms with Crippen LogP contribution in [0.5, 0.6) is 0 Å². The van der Waals surface area contributed by atoms with E-state index in [1.165, 1.54) is 10.9 Å². The molecule has 3 saturated heterocycles. The van der Waals surface area contributed by atoms with Gasteiger partial charge in [-0.25, -0.2) is 19.7 Å². The topological polar surface area (TPSA) is 207 Å². The highest BCUT2D eigenvalue weighted by Gasteiger charge is 2.48. The summed E-state index contributed by atoms with van der Waals surface area (Å²) in [6.45, 7) is 1.07. The van der Waals surface area contributed by atoms with Gasteiger partial charge in [-0.15, -0.1) is 0 Å². The first kappa shape index (κ1) is 27.2. The summed E-state index contributed by atoms with van der Waals surface area (Å²) in [7, 11) is 0. The first-order valence-electron chi connectivity index (χ1n) is 13.8. The summed E-state index contributed by atoms with van der Waals surface area (Å²) in [6.07, 6.45) is -0.0853. The maximum Gasteiger partial charge on any atom is 0.411 e. The molecule has 15 nitrogen and oxygen atoms in total. The Kier molecular flexibility index (Phi) is 7.37. The van der Waals surface area contributed by atoms with Crippen LogP contribution in [0.1, 0.15) is 57.0 Å². The Morgan fingerprint density at radius 1 is 1.17 bits per heavy atom. The SMILES string of the molecule is Nc1nc(C#CCC2CCN(C(=O)OC3CCC(=O)N3)CC2)nc2c1ncn2[C@@H]1O[C@H](C(=O)NC2CC2)[C@H](O)C1O. The number of likely N-dealkylation sites (tertiary alicyclic amines) is 1. The van der Waals surface area contributed by atoms with Crippen LogP contribution in [-0.2, 0) is 19.1 Å². The molecular formula is C26H32N8O7. The predicted octanol–water partition coefficient (Wildman–Crippen LogP) is -0.867. The lowest BCUT2D eigenvalue weighted by molar-refractivity contribution is -0.137. The Morgan fingerprint density at radius 2 is 1.95 bits per heavy atom. The zero-order chi connectivity index (χ0) is 28.7. The Hall–Kier alpha value is -4.00. The first-order valence-corrected chi connectivity index (χ1v) is 13.8. The second-order valence-corrected chi connectivity index (χ2v) is 10.9. The number of carbonyl (C=O) groups excluding carboxylic acids is 3. The van der Waals surface area contributed by atoms with Crippen molar-refractivity contribution in [2.24, 2.45) is 5.92 Å². The number of hydrogen-bond donors (Lipinski definition) is 5. The van der Waals surface area contributed by atoms with Gasteiger partial charge in [-0.2, -0.15) is 0 Å². The number of piperidine rings is 1. The number of hydrogen-bond acceptors (Lipinski definition) is 11. The van der Waals surface area contributed by atoms with E-state index in [1.54, 1.807) is 4.90 Å². The third-order valence-corrected chi connectivity index (χ3v) is 7.81. The van der Waals surface area contributed by atoms with Gasteiger partial charge in [-0.3, -0.25) is 14.2 Å². The number of nitrogen functional groups attached to an aromatic ring is 1. The van der Waals surface area contributed by atoms with Gasteiger partial charge in [0.25, 0.3) is 5.91 Å². The molecule has 0 radical (unpaired) electrons. The molecule has 1 aliphatic carbocycles. The van der Waals surface area contributed by atoms with Gasteiger partial charge in [0.1, 0.15) is 17.7 Å². The number of ether oxygens (including phenoxy) is 2. The van der Waals surface area contributed by atoms with E-state index in [1.807, 2.05) is 0 Å². The van der Waals surface area contributed by atoms with Crippen molar-refractivity contribution in [2.45, 2.75) is 81.8 Å². The number of amides is 3. The summed E-state index contributed by atoms with van der Waals surface area (Å²) in [5.41, 5.74) is 6.65. The largest absolute Gasteiger partial charge is 0.425 e. The quantitative estimate of drug-likeness (QED) is 0.280. The molecule has 2 aromatic heterocycles. The molecule has 2 aromatic rings. The van der Waals surface area contributed by atoms with Crippen LogP contribution in [0.4, 0.5) is 10.6 Å². The number of rotatable bonds is 5. The number of imidazole rings is 1. The molecule has 0 spiro atoms. The van der Waals surface area contributed by atoms with Crippen molar-refractivity contribution < 1.29 is 34.1 Å². The van der Waals surface area contributed by atoms with E-state index in [0.29, 0.717) is 32.4 Å². The van der Waals surface area contributed by atoms with Gasteiger partial charge in [0, 0.05) is 38.4 Å². The molecule has 15 heteroatoms. The van der Waals surface area contributed by atoms with Gasteiger partial charge in [-0.05, 0) is 37.5 Å². The van der Waals surface area contributed by atoms with Crippen LogP contribution in [0.25, 0.3) is 11.2 Å². The van der Waals surface area contributed by atoms with E-state index in [9.17, 15) is 24.6 Å². The number of nitrogens with zero attached hydrogens (tertiary/aromatic N) is 5. The molecule has 41 heavy (non-hydrogen) atoms. The third-order valence-electron chi connectivity index (χ3n) is 7.81.